The van der Waals surface area contributed by atoms with Crippen molar-refractivity contribution >= 4 is 5.91 Å². The number of carbonyl (C=O) groups is 1. The van der Waals surface area contributed by atoms with Crippen molar-refractivity contribution in [3.63, 3.8) is 0 Å². The van der Waals surface area contributed by atoms with Gasteiger partial charge in [0.25, 0.3) is 5.91 Å². The van der Waals surface area contributed by atoms with Gasteiger partial charge in [-0.2, -0.15) is 0 Å². The van der Waals surface area contributed by atoms with Crippen LogP contribution in [0.2, 0.25) is 0 Å². The minimum absolute atomic E-state index is 0.102. The zero-order valence-corrected chi connectivity index (χ0v) is 14.5. The molecule has 0 aliphatic carbocycles. The van der Waals surface area contributed by atoms with Gasteiger partial charge in [-0.05, 0) is 42.0 Å². The maximum absolute atomic E-state index is 12.1. The summed E-state index contributed by atoms with van der Waals surface area (Å²) < 4.78 is 50.4. The molecule has 2 N–H and O–H groups in total. The Balaban J connectivity index is 1.96. The van der Waals surface area contributed by atoms with Crippen LogP contribution >= 0.6 is 0 Å². The molecule has 0 saturated carbocycles. The smallest absolute Gasteiger partial charge is 0.493 e. The predicted octanol–water partition coefficient (Wildman–Crippen LogP) is 3.07. The molecule has 2 rings (SSSR count). The standard InChI is InChI=1S/C18H18F3NO5/c1-25-15-8-5-12(9-16(15)26-2)14(23)10-22-17(24)11-3-6-13(7-4-11)27-18(19,20)21/h3-9,14,23H,10H2,1-2H3,(H,22,24)/t14-/m0/s1. The lowest BCUT2D eigenvalue weighted by Gasteiger charge is -2.15. The van der Waals surface area contributed by atoms with Crippen LogP contribution in [0, 0.1) is 0 Å². The lowest BCUT2D eigenvalue weighted by molar-refractivity contribution is -0.274. The van der Waals surface area contributed by atoms with Gasteiger partial charge in [0.2, 0.25) is 0 Å². The highest BCUT2D eigenvalue weighted by atomic mass is 19.4. The van der Waals surface area contributed by atoms with E-state index in [1.807, 2.05) is 0 Å². The van der Waals surface area contributed by atoms with Crippen LogP contribution in [-0.2, 0) is 0 Å². The number of aliphatic hydroxyl groups is 1. The molecule has 0 aliphatic heterocycles. The Hall–Kier alpha value is -2.94. The number of ether oxygens (including phenoxy) is 3. The molecule has 0 aliphatic rings. The third kappa shape index (κ3) is 5.78. The quantitative estimate of drug-likeness (QED) is 0.766. The summed E-state index contributed by atoms with van der Waals surface area (Å²) in [5.41, 5.74) is 0.630. The molecule has 6 nitrogen and oxygen atoms in total. The monoisotopic (exact) mass is 385 g/mol. The van der Waals surface area contributed by atoms with Crippen molar-refractivity contribution in [1.29, 1.82) is 0 Å². The Morgan fingerprint density at radius 3 is 2.26 bits per heavy atom. The van der Waals surface area contributed by atoms with Crippen molar-refractivity contribution in [3.8, 4) is 17.2 Å². The van der Waals surface area contributed by atoms with Crippen molar-refractivity contribution in [2.24, 2.45) is 0 Å². The zero-order valence-electron chi connectivity index (χ0n) is 14.5. The summed E-state index contributed by atoms with van der Waals surface area (Å²) in [5.74, 6) is -0.0446. The van der Waals surface area contributed by atoms with E-state index < -0.39 is 24.1 Å². The number of alkyl halides is 3. The molecule has 1 atom stereocenters. The molecule has 9 heteroatoms. The first kappa shape index (κ1) is 20.4. The maximum Gasteiger partial charge on any atom is 0.573 e. The van der Waals surface area contributed by atoms with Gasteiger partial charge < -0.3 is 24.6 Å². The second kappa shape index (κ2) is 8.63. The fourth-order valence-electron chi connectivity index (χ4n) is 2.28. The van der Waals surface area contributed by atoms with Crippen molar-refractivity contribution in [2.75, 3.05) is 20.8 Å². The molecule has 1 amide bonds. The fraction of sp³-hybridized carbons (Fsp3) is 0.278. The van der Waals surface area contributed by atoms with Gasteiger partial charge in [0.15, 0.2) is 11.5 Å². The number of hydrogen-bond donors (Lipinski definition) is 2. The van der Waals surface area contributed by atoms with E-state index in [0.717, 1.165) is 12.1 Å². The fourth-order valence-corrected chi connectivity index (χ4v) is 2.28. The number of aliphatic hydroxyl groups excluding tert-OH is 1. The molecule has 146 valence electrons. The molecule has 2 aromatic rings. The summed E-state index contributed by atoms with van der Waals surface area (Å²) in [7, 11) is 2.95. The van der Waals surface area contributed by atoms with E-state index >= 15 is 0 Å². The summed E-state index contributed by atoms with van der Waals surface area (Å²) in [4.78, 5) is 12.1. The summed E-state index contributed by atoms with van der Waals surface area (Å²) in [6, 6.07) is 9.29. The van der Waals surface area contributed by atoms with E-state index in [-0.39, 0.29) is 12.1 Å². The van der Waals surface area contributed by atoms with E-state index in [2.05, 4.69) is 10.1 Å². The number of amides is 1. The molecule has 27 heavy (non-hydrogen) atoms. The lowest BCUT2D eigenvalue weighted by Crippen LogP contribution is -2.28. The van der Waals surface area contributed by atoms with Gasteiger partial charge in [0.05, 0.1) is 20.3 Å². The average Bonchev–Trinajstić information content (AvgIpc) is 2.64. The van der Waals surface area contributed by atoms with Gasteiger partial charge in [0.1, 0.15) is 5.75 Å². The van der Waals surface area contributed by atoms with Crippen molar-refractivity contribution in [3.05, 3.63) is 53.6 Å². The van der Waals surface area contributed by atoms with E-state index in [9.17, 15) is 23.1 Å². The Morgan fingerprint density at radius 1 is 1.07 bits per heavy atom. The van der Waals surface area contributed by atoms with Crippen LogP contribution in [0.3, 0.4) is 0 Å². The van der Waals surface area contributed by atoms with E-state index in [1.54, 1.807) is 18.2 Å². The summed E-state index contributed by atoms with van der Waals surface area (Å²) in [5, 5.41) is 12.7. The van der Waals surface area contributed by atoms with Gasteiger partial charge in [-0.1, -0.05) is 6.07 Å². The Morgan fingerprint density at radius 2 is 1.70 bits per heavy atom. The molecular weight excluding hydrogens is 367 g/mol. The Bertz CT molecular complexity index is 778. The maximum atomic E-state index is 12.1. The SMILES string of the molecule is COc1ccc([C@@H](O)CNC(=O)c2ccc(OC(F)(F)F)cc2)cc1OC. The van der Waals surface area contributed by atoms with Crippen LogP contribution < -0.4 is 19.5 Å². The molecule has 0 saturated heterocycles. The third-order valence-electron chi connectivity index (χ3n) is 3.60. The zero-order chi connectivity index (χ0) is 20.0. The van der Waals surface area contributed by atoms with Gasteiger partial charge in [-0.25, -0.2) is 0 Å². The number of benzene rings is 2. The van der Waals surface area contributed by atoms with E-state index in [0.29, 0.717) is 17.1 Å². The molecule has 0 unspecified atom stereocenters. The minimum Gasteiger partial charge on any atom is -0.493 e. The third-order valence-corrected chi connectivity index (χ3v) is 3.60. The molecule has 2 aromatic carbocycles. The first-order valence-corrected chi connectivity index (χ1v) is 7.77. The van der Waals surface area contributed by atoms with Crippen LogP contribution in [0.1, 0.15) is 22.0 Å². The highest BCUT2D eigenvalue weighted by Crippen LogP contribution is 2.29. The van der Waals surface area contributed by atoms with Gasteiger partial charge in [-0.3, -0.25) is 4.79 Å². The normalized spacial score (nSPS) is 12.2. The van der Waals surface area contributed by atoms with E-state index in [1.165, 1.54) is 26.4 Å². The predicted molar refractivity (Wildman–Crippen MR) is 90.0 cm³/mol. The average molecular weight is 385 g/mol. The van der Waals surface area contributed by atoms with Crippen LogP contribution in [0.4, 0.5) is 13.2 Å². The number of carbonyl (C=O) groups excluding carboxylic acids is 1. The summed E-state index contributed by atoms with van der Waals surface area (Å²) >= 11 is 0. The lowest BCUT2D eigenvalue weighted by atomic mass is 10.1. The number of halogens is 3. The Labute approximate surface area is 153 Å². The number of hydrogen-bond acceptors (Lipinski definition) is 5. The summed E-state index contributed by atoms with van der Waals surface area (Å²) in [6.45, 7) is -0.102. The molecule has 0 bridgehead atoms. The van der Waals surface area contributed by atoms with Crippen LogP contribution in [-0.4, -0.2) is 38.1 Å². The first-order valence-electron chi connectivity index (χ1n) is 7.77. The van der Waals surface area contributed by atoms with Gasteiger partial charge >= 0.3 is 6.36 Å². The van der Waals surface area contributed by atoms with E-state index in [4.69, 9.17) is 9.47 Å². The van der Waals surface area contributed by atoms with Gasteiger partial charge in [0, 0.05) is 12.1 Å². The number of rotatable bonds is 7. The molecule has 0 radical (unpaired) electrons. The molecule has 0 fully saturated rings. The van der Waals surface area contributed by atoms with Crippen LogP contribution in [0.15, 0.2) is 42.5 Å². The molecular formula is C18H18F3NO5. The molecule has 0 spiro atoms. The largest absolute Gasteiger partial charge is 0.573 e. The topological polar surface area (TPSA) is 77.0 Å². The van der Waals surface area contributed by atoms with Crippen molar-refractivity contribution in [2.45, 2.75) is 12.5 Å². The molecule has 0 heterocycles. The number of methoxy groups -OCH3 is 2. The van der Waals surface area contributed by atoms with Crippen LogP contribution in [0.25, 0.3) is 0 Å². The van der Waals surface area contributed by atoms with Crippen molar-refractivity contribution < 1.29 is 37.3 Å². The van der Waals surface area contributed by atoms with Crippen molar-refractivity contribution in [1.82, 2.24) is 5.32 Å². The highest BCUT2D eigenvalue weighted by Gasteiger charge is 2.31. The Kier molecular flexibility index (Phi) is 6.51. The van der Waals surface area contributed by atoms with Crippen LogP contribution in [0.5, 0.6) is 17.2 Å². The number of nitrogens with one attached hydrogen (secondary N) is 1. The second-order valence-electron chi connectivity index (χ2n) is 5.41. The second-order valence-corrected chi connectivity index (χ2v) is 5.41. The van der Waals surface area contributed by atoms with Gasteiger partial charge in [-0.15, -0.1) is 13.2 Å². The minimum atomic E-state index is -4.80. The highest BCUT2D eigenvalue weighted by molar-refractivity contribution is 5.94. The first-order chi connectivity index (χ1) is 12.7. The summed E-state index contributed by atoms with van der Waals surface area (Å²) in [6.07, 6.45) is -5.81. The molecule has 0 aromatic heterocycles.